The highest BCUT2D eigenvalue weighted by molar-refractivity contribution is 7.18. The van der Waals surface area contributed by atoms with E-state index in [0.717, 1.165) is 23.3 Å². The van der Waals surface area contributed by atoms with E-state index in [4.69, 9.17) is 0 Å². The van der Waals surface area contributed by atoms with E-state index in [9.17, 15) is 9.59 Å². The highest BCUT2D eigenvalue weighted by Crippen LogP contribution is 2.24. The quantitative estimate of drug-likeness (QED) is 0.910. The number of thiophene rings is 1. The average Bonchev–Trinajstić information content (AvgIpc) is 2.54. The third kappa shape index (κ3) is 1.95. The van der Waals surface area contributed by atoms with Gasteiger partial charge in [-0.2, -0.15) is 0 Å². The van der Waals surface area contributed by atoms with Crippen LogP contribution in [-0.4, -0.2) is 9.55 Å². The molecule has 0 atom stereocenters. The van der Waals surface area contributed by atoms with Crippen LogP contribution in [0.5, 0.6) is 0 Å². The summed E-state index contributed by atoms with van der Waals surface area (Å²) in [6.45, 7) is 6.43. The fraction of sp³-hybridized carbons (Fsp3) is 0.500. The first-order chi connectivity index (χ1) is 8.06. The monoisotopic (exact) mass is 252 g/mol. The van der Waals surface area contributed by atoms with E-state index in [0.29, 0.717) is 16.8 Å². The maximum Gasteiger partial charge on any atom is 0.329 e. The zero-order valence-electron chi connectivity index (χ0n) is 10.3. The number of aromatic amines is 1. The van der Waals surface area contributed by atoms with Gasteiger partial charge in [-0.3, -0.25) is 14.3 Å². The topological polar surface area (TPSA) is 54.9 Å². The molecule has 0 bridgehead atoms. The van der Waals surface area contributed by atoms with Crippen molar-refractivity contribution in [1.29, 1.82) is 0 Å². The van der Waals surface area contributed by atoms with Gasteiger partial charge >= 0.3 is 5.69 Å². The lowest BCUT2D eigenvalue weighted by molar-refractivity contribution is 0.589. The fourth-order valence-electron chi connectivity index (χ4n) is 1.88. The smallest absolute Gasteiger partial charge is 0.298 e. The standard InChI is InChI=1S/C12H16N2O2S/c1-4-5-6-14-11(15)9-7(2)8(3)17-10(9)13-12(14)16/h4-6H2,1-3H3,(H,13,16). The number of nitrogens with one attached hydrogen (secondary N) is 1. The zero-order chi connectivity index (χ0) is 12.6. The molecule has 0 aliphatic heterocycles. The molecule has 0 amide bonds. The number of rotatable bonds is 3. The SMILES string of the molecule is CCCCn1c(=O)[nH]c2sc(C)c(C)c2c1=O. The van der Waals surface area contributed by atoms with Crippen molar-refractivity contribution >= 4 is 21.6 Å². The van der Waals surface area contributed by atoms with Crippen LogP contribution >= 0.6 is 11.3 Å². The second-order valence-corrected chi connectivity index (χ2v) is 5.45. The van der Waals surface area contributed by atoms with Crippen molar-refractivity contribution < 1.29 is 0 Å². The summed E-state index contributed by atoms with van der Waals surface area (Å²) in [6.07, 6.45) is 1.81. The Morgan fingerprint density at radius 1 is 1.29 bits per heavy atom. The predicted octanol–water partition coefficient (Wildman–Crippen LogP) is 2.17. The number of hydrogen-bond acceptors (Lipinski definition) is 3. The summed E-state index contributed by atoms with van der Waals surface area (Å²) >= 11 is 1.47. The van der Waals surface area contributed by atoms with E-state index in [1.807, 2.05) is 20.8 Å². The molecular weight excluding hydrogens is 236 g/mol. The minimum atomic E-state index is -0.294. The van der Waals surface area contributed by atoms with Crippen molar-refractivity contribution in [2.45, 2.75) is 40.2 Å². The first-order valence-electron chi connectivity index (χ1n) is 5.79. The molecular formula is C12H16N2O2S. The Hall–Kier alpha value is -1.36. The molecule has 5 heteroatoms. The second kappa shape index (κ2) is 4.49. The number of aryl methyl sites for hydroxylation is 2. The number of nitrogens with zero attached hydrogens (tertiary/aromatic N) is 1. The van der Waals surface area contributed by atoms with Crippen molar-refractivity contribution in [3.05, 3.63) is 31.3 Å². The van der Waals surface area contributed by atoms with Gasteiger partial charge in [-0.25, -0.2) is 4.79 Å². The molecule has 0 aliphatic rings. The van der Waals surface area contributed by atoms with Crippen LogP contribution < -0.4 is 11.2 Å². The maximum atomic E-state index is 12.2. The van der Waals surface area contributed by atoms with Gasteiger partial charge in [0.05, 0.1) is 5.39 Å². The predicted molar refractivity (Wildman–Crippen MR) is 71.1 cm³/mol. The van der Waals surface area contributed by atoms with Crippen molar-refractivity contribution in [2.75, 3.05) is 0 Å². The molecule has 2 aromatic rings. The van der Waals surface area contributed by atoms with Crippen LogP contribution in [0, 0.1) is 13.8 Å². The van der Waals surface area contributed by atoms with E-state index in [1.165, 1.54) is 15.9 Å². The second-order valence-electron chi connectivity index (χ2n) is 4.23. The summed E-state index contributed by atoms with van der Waals surface area (Å²) in [5.41, 5.74) is 0.535. The molecule has 2 aromatic heterocycles. The van der Waals surface area contributed by atoms with Crippen molar-refractivity contribution in [1.82, 2.24) is 9.55 Å². The first-order valence-corrected chi connectivity index (χ1v) is 6.60. The Labute approximate surface area is 103 Å². The van der Waals surface area contributed by atoms with Gasteiger partial charge in [-0.05, 0) is 25.8 Å². The Kier molecular flexibility index (Phi) is 3.19. The number of H-pyrrole nitrogens is 1. The van der Waals surface area contributed by atoms with E-state index < -0.39 is 0 Å². The molecule has 2 rings (SSSR count). The van der Waals surface area contributed by atoms with Crippen molar-refractivity contribution in [3.8, 4) is 0 Å². The van der Waals surface area contributed by atoms with Crippen LogP contribution in [-0.2, 0) is 6.54 Å². The maximum absolute atomic E-state index is 12.2. The van der Waals surface area contributed by atoms with Crippen LogP contribution in [0.15, 0.2) is 9.59 Å². The number of aromatic nitrogens is 2. The average molecular weight is 252 g/mol. The normalized spacial score (nSPS) is 11.2. The molecule has 4 nitrogen and oxygen atoms in total. The van der Waals surface area contributed by atoms with E-state index in [2.05, 4.69) is 4.98 Å². The summed E-state index contributed by atoms with van der Waals surface area (Å²) in [4.78, 5) is 28.6. The Bertz CT molecular complexity index is 663. The Balaban J connectivity index is 2.74. The van der Waals surface area contributed by atoms with Crippen LogP contribution in [0.4, 0.5) is 0 Å². The molecule has 0 saturated heterocycles. The third-order valence-electron chi connectivity index (χ3n) is 3.05. The summed E-state index contributed by atoms with van der Waals surface area (Å²) in [6, 6.07) is 0. The van der Waals surface area contributed by atoms with Gasteiger partial charge in [-0.15, -0.1) is 11.3 Å². The molecule has 0 radical (unpaired) electrons. The van der Waals surface area contributed by atoms with Gasteiger partial charge in [0, 0.05) is 11.4 Å². The highest BCUT2D eigenvalue weighted by atomic mass is 32.1. The highest BCUT2D eigenvalue weighted by Gasteiger charge is 2.13. The summed E-state index contributed by atoms with van der Waals surface area (Å²) in [5.74, 6) is 0. The molecule has 0 aliphatic carbocycles. The minimum Gasteiger partial charge on any atom is -0.298 e. The van der Waals surface area contributed by atoms with Gasteiger partial charge < -0.3 is 0 Å². The molecule has 0 saturated carbocycles. The van der Waals surface area contributed by atoms with Crippen LogP contribution in [0.2, 0.25) is 0 Å². The lowest BCUT2D eigenvalue weighted by atomic mass is 10.2. The first kappa shape index (κ1) is 12.1. The number of fused-ring (bicyclic) bond motifs is 1. The largest absolute Gasteiger partial charge is 0.329 e. The van der Waals surface area contributed by atoms with E-state index in [1.54, 1.807) is 0 Å². The minimum absolute atomic E-state index is 0.154. The van der Waals surface area contributed by atoms with Crippen LogP contribution in [0.3, 0.4) is 0 Å². The van der Waals surface area contributed by atoms with Crippen LogP contribution in [0.25, 0.3) is 10.2 Å². The van der Waals surface area contributed by atoms with Crippen molar-refractivity contribution in [3.63, 3.8) is 0 Å². The summed E-state index contributed by atoms with van der Waals surface area (Å²) in [5, 5.41) is 0.670. The van der Waals surface area contributed by atoms with Crippen molar-refractivity contribution in [2.24, 2.45) is 0 Å². The fourth-order valence-corrected chi connectivity index (χ4v) is 2.93. The lowest BCUT2D eigenvalue weighted by Crippen LogP contribution is -2.34. The summed E-state index contributed by atoms with van der Waals surface area (Å²) < 4.78 is 1.31. The van der Waals surface area contributed by atoms with Gasteiger partial charge in [0.25, 0.3) is 5.56 Å². The van der Waals surface area contributed by atoms with Gasteiger partial charge in [-0.1, -0.05) is 13.3 Å². The Morgan fingerprint density at radius 2 is 2.00 bits per heavy atom. The van der Waals surface area contributed by atoms with E-state index >= 15 is 0 Å². The van der Waals surface area contributed by atoms with Gasteiger partial charge in [0.15, 0.2) is 0 Å². The molecule has 92 valence electrons. The molecule has 0 aromatic carbocycles. The number of unbranched alkanes of at least 4 members (excludes halogenated alkanes) is 1. The molecule has 17 heavy (non-hydrogen) atoms. The number of hydrogen-bond donors (Lipinski definition) is 1. The summed E-state index contributed by atoms with van der Waals surface area (Å²) in [7, 11) is 0. The molecule has 1 N–H and O–H groups in total. The molecule has 0 spiro atoms. The van der Waals surface area contributed by atoms with Gasteiger partial charge in [0.2, 0.25) is 0 Å². The molecule has 2 heterocycles. The zero-order valence-corrected chi connectivity index (χ0v) is 11.1. The Morgan fingerprint density at radius 3 is 2.65 bits per heavy atom. The van der Waals surface area contributed by atoms with E-state index in [-0.39, 0.29) is 11.2 Å². The third-order valence-corrected chi connectivity index (χ3v) is 4.17. The van der Waals surface area contributed by atoms with Crippen LogP contribution in [0.1, 0.15) is 30.2 Å². The molecule has 0 fully saturated rings. The van der Waals surface area contributed by atoms with Gasteiger partial charge in [0.1, 0.15) is 4.83 Å². The lowest BCUT2D eigenvalue weighted by Gasteiger charge is -2.03. The molecule has 0 unspecified atom stereocenters.